The second-order valence-corrected chi connectivity index (χ2v) is 10.0. The van der Waals surface area contributed by atoms with Gasteiger partial charge in [-0.05, 0) is 68.3 Å². The molecule has 1 saturated carbocycles. The third-order valence-electron chi connectivity index (χ3n) is 6.38. The summed E-state index contributed by atoms with van der Waals surface area (Å²) in [6, 6.07) is 7.86. The van der Waals surface area contributed by atoms with Crippen LogP contribution in [0.5, 0.6) is 11.5 Å². The second kappa shape index (κ2) is 9.94. The topological polar surface area (TPSA) is 59.1 Å². The molecular formula is C25H32N2O4S. The summed E-state index contributed by atoms with van der Waals surface area (Å²) in [7, 11) is 0. The number of fused-ring (bicyclic) bond motifs is 1. The lowest BCUT2D eigenvalue weighted by atomic mass is 10.1. The largest absolute Gasteiger partial charge is 0.454 e. The number of nitrogens with zero attached hydrogens (tertiary/aromatic N) is 2. The molecule has 7 heteroatoms. The fourth-order valence-corrected chi connectivity index (χ4v) is 5.32. The van der Waals surface area contributed by atoms with Crippen molar-refractivity contribution in [1.29, 1.82) is 0 Å². The number of amides is 2. The summed E-state index contributed by atoms with van der Waals surface area (Å²) in [6.07, 6.45) is 4.07. The van der Waals surface area contributed by atoms with E-state index >= 15 is 0 Å². The molecule has 0 radical (unpaired) electrons. The van der Waals surface area contributed by atoms with Gasteiger partial charge in [-0.2, -0.15) is 0 Å². The maximum absolute atomic E-state index is 13.5. The van der Waals surface area contributed by atoms with Crippen LogP contribution in [0.2, 0.25) is 0 Å². The summed E-state index contributed by atoms with van der Waals surface area (Å²) >= 11 is 1.66. The lowest BCUT2D eigenvalue weighted by Gasteiger charge is -2.32. The summed E-state index contributed by atoms with van der Waals surface area (Å²) in [5, 5.41) is 2.05. The van der Waals surface area contributed by atoms with Gasteiger partial charge in [0.15, 0.2) is 11.5 Å². The van der Waals surface area contributed by atoms with Crippen molar-refractivity contribution in [1.82, 2.24) is 9.80 Å². The summed E-state index contributed by atoms with van der Waals surface area (Å²) in [5.41, 5.74) is 2.16. The Morgan fingerprint density at radius 2 is 1.84 bits per heavy atom. The number of aryl methyl sites for hydroxylation is 1. The Labute approximate surface area is 194 Å². The molecule has 2 aliphatic rings. The fraction of sp³-hybridized carbons (Fsp3) is 0.520. The normalized spacial score (nSPS) is 15.4. The fourth-order valence-electron chi connectivity index (χ4n) is 4.40. The van der Waals surface area contributed by atoms with Crippen molar-refractivity contribution in [3.63, 3.8) is 0 Å². The van der Waals surface area contributed by atoms with E-state index in [1.54, 1.807) is 16.2 Å². The smallest absolute Gasteiger partial charge is 0.242 e. The van der Waals surface area contributed by atoms with Crippen LogP contribution in [0.4, 0.5) is 0 Å². The minimum Gasteiger partial charge on any atom is -0.454 e. The van der Waals surface area contributed by atoms with Crippen LogP contribution in [0.3, 0.4) is 0 Å². The molecule has 1 fully saturated rings. The van der Waals surface area contributed by atoms with Gasteiger partial charge in [0.05, 0.1) is 6.54 Å². The Hall–Kier alpha value is -2.54. The second-order valence-electron chi connectivity index (χ2n) is 9.01. The number of hydrogen-bond acceptors (Lipinski definition) is 5. The van der Waals surface area contributed by atoms with Gasteiger partial charge >= 0.3 is 0 Å². The van der Waals surface area contributed by atoms with Crippen LogP contribution < -0.4 is 9.47 Å². The van der Waals surface area contributed by atoms with Gasteiger partial charge in [-0.25, -0.2) is 0 Å². The van der Waals surface area contributed by atoms with Crippen molar-refractivity contribution >= 4 is 23.2 Å². The van der Waals surface area contributed by atoms with E-state index in [2.05, 4.69) is 18.4 Å². The van der Waals surface area contributed by atoms with E-state index in [1.165, 1.54) is 5.56 Å². The van der Waals surface area contributed by atoms with E-state index in [0.717, 1.165) is 41.9 Å². The maximum Gasteiger partial charge on any atom is 0.242 e. The van der Waals surface area contributed by atoms with Crippen molar-refractivity contribution in [3.05, 3.63) is 45.6 Å². The summed E-state index contributed by atoms with van der Waals surface area (Å²) in [4.78, 5) is 31.5. The van der Waals surface area contributed by atoms with Gasteiger partial charge in [-0.1, -0.05) is 18.9 Å². The zero-order chi connectivity index (χ0) is 22.7. The van der Waals surface area contributed by atoms with Gasteiger partial charge in [-0.15, -0.1) is 11.3 Å². The standard InChI is InChI=1S/C25H32N2O4S/c1-17(2)27(25(29)20-6-4-5-7-20)15-24(28)26(14-23-18(3)10-11-32-23)13-19-8-9-21-22(12-19)31-16-30-21/h8-12,17,20H,4-7,13-16H2,1-3H3. The average molecular weight is 457 g/mol. The molecular weight excluding hydrogens is 424 g/mol. The average Bonchev–Trinajstić information content (AvgIpc) is 3.53. The van der Waals surface area contributed by atoms with Gasteiger partial charge < -0.3 is 19.3 Å². The molecule has 1 aromatic carbocycles. The first-order valence-corrected chi connectivity index (χ1v) is 12.3. The Morgan fingerprint density at radius 1 is 1.09 bits per heavy atom. The molecule has 0 bridgehead atoms. The van der Waals surface area contributed by atoms with E-state index in [0.29, 0.717) is 18.8 Å². The van der Waals surface area contributed by atoms with E-state index in [9.17, 15) is 9.59 Å². The number of hydrogen-bond donors (Lipinski definition) is 0. The molecule has 0 spiro atoms. The highest BCUT2D eigenvalue weighted by molar-refractivity contribution is 7.10. The summed E-state index contributed by atoms with van der Waals surface area (Å²) < 4.78 is 10.9. The Morgan fingerprint density at radius 3 is 2.53 bits per heavy atom. The number of ether oxygens (including phenoxy) is 2. The van der Waals surface area contributed by atoms with Crippen LogP contribution in [-0.4, -0.2) is 41.0 Å². The van der Waals surface area contributed by atoms with Gasteiger partial charge in [0.2, 0.25) is 18.6 Å². The molecule has 0 N–H and O–H groups in total. The van der Waals surface area contributed by atoms with E-state index in [-0.39, 0.29) is 37.1 Å². The first-order valence-electron chi connectivity index (χ1n) is 11.4. The Balaban J connectivity index is 1.53. The Kier molecular flexibility index (Phi) is 7.04. The molecule has 1 aromatic heterocycles. The molecule has 0 saturated heterocycles. The first kappa shape index (κ1) is 22.6. The minimum absolute atomic E-state index is 0.0112. The van der Waals surface area contributed by atoms with Gasteiger partial charge in [0, 0.05) is 23.4 Å². The van der Waals surface area contributed by atoms with Crippen molar-refractivity contribution in [2.75, 3.05) is 13.3 Å². The lowest BCUT2D eigenvalue weighted by Crippen LogP contribution is -2.47. The predicted molar refractivity (Wildman–Crippen MR) is 125 cm³/mol. The zero-order valence-electron chi connectivity index (χ0n) is 19.1. The van der Waals surface area contributed by atoms with Gasteiger partial charge in [0.25, 0.3) is 0 Å². The lowest BCUT2D eigenvalue weighted by molar-refractivity contribution is -0.145. The summed E-state index contributed by atoms with van der Waals surface area (Å²) in [6.45, 7) is 7.37. The third kappa shape index (κ3) is 5.09. The van der Waals surface area contributed by atoms with Crippen LogP contribution in [0.15, 0.2) is 29.6 Å². The highest BCUT2D eigenvalue weighted by atomic mass is 32.1. The van der Waals surface area contributed by atoms with Gasteiger partial charge in [-0.3, -0.25) is 9.59 Å². The van der Waals surface area contributed by atoms with Crippen LogP contribution >= 0.6 is 11.3 Å². The number of carbonyl (C=O) groups excluding carboxylic acids is 2. The monoisotopic (exact) mass is 456 g/mol. The molecule has 32 heavy (non-hydrogen) atoms. The predicted octanol–water partition coefficient (Wildman–Crippen LogP) is 4.74. The molecule has 2 amide bonds. The molecule has 4 rings (SSSR count). The minimum atomic E-state index is -0.0319. The van der Waals surface area contributed by atoms with Crippen LogP contribution in [0.1, 0.15) is 55.5 Å². The quantitative estimate of drug-likeness (QED) is 0.576. The van der Waals surface area contributed by atoms with E-state index in [4.69, 9.17) is 9.47 Å². The number of benzene rings is 1. The molecule has 1 aliphatic carbocycles. The highest BCUT2D eigenvalue weighted by Gasteiger charge is 2.31. The molecule has 2 heterocycles. The van der Waals surface area contributed by atoms with Crippen molar-refractivity contribution in [2.24, 2.45) is 5.92 Å². The molecule has 172 valence electrons. The number of rotatable bonds is 8. The summed E-state index contributed by atoms with van der Waals surface area (Å²) in [5.74, 6) is 1.60. The number of thiophene rings is 1. The van der Waals surface area contributed by atoms with Crippen LogP contribution in [0.25, 0.3) is 0 Å². The number of carbonyl (C=O) groups is 2. The van der Waals surface area contributed by atoms with E-state index in [1.807, 2.05) is 36.9 Å². The first-order chi connectivity index (χ1) is 15.4. The van der Waals surface area contributed by atoms with Crippen molar-refractivity contribution < 1.29 is 19.1 Å². The molecule has 1 aliphatic heterocycles. The zero-order valence-corrected chi connectivity index (χ0v) is 20.0. The van der Waals surface area contributed by atoms with Gasteiger partial charge in [0.1, 0.15) is 6.54 Å². The SMILES string of the molecule is Cc1ccsc1CN(Cc1ccc2c(c1)OCO2)C(=O)CN(C(=O)C1CCCC1)C(C)C. The van der Waals surface area contributed by atoms with Crippen LogP contribution in [-0.2, 0) is 22.7 Å². The Bertz CT molecular complexity index is 965. The maximum atomic E-state index is 13.5. The molecule has 2 aromatic rings. The van der Waals surface area contributed by atoms with E-state index < -0.39 is 0 Å². The third-order valence-corrected chi connectivity index (χ3v) is 7.39. The van der Waals surface area contributed by atoms with Crippen molar-refractivity contribution in [2.45, 2.75) is 65.6 Å². The molecule has 6 nitrogen and oxygen atoms in total. The van der Waals surface area contributed by atoms with Crippen LogP contribution in [0, 0.1) is 12.8 Å². The highest BCUT2D eigenvalue weighted by Crippen LogP contribution is 2.33. The molecule has 0 unspecified atom stereocenters. The van der Waals surface area contributed by atoms with Crippen molar-refractivity contribution in [3.8, 4) is 11.5 Å². The molecule has 0 atom stereocenters.